The minimum absolute atomic E-state index is 0.149. The molecule has 1 aromatic heterocycles. The topological polar surface area (TPSA) is 59.5 Å². The number of benzene rings is 1. The maximum absolute atomic E-state index is 13.4. The van der Waals surface area contributed by atoms with Crippen molar-refractivity contribution in [3.8, 4) is 0 Å². The monoisotopic (exact) mass is 348 g/mol. The molecule has 3 rings (SSSR count). The Labute approximate surface area is 143 Å². The molecule has 1 amide bonds. The molecular formula is C17H17FN2O3S. The van der Waals surface area contributed by atoms with Gasteiger partial charge in [-0.2, -0.15) is 0 Å². The zero-order chi connectivity index (χ0) is 17.1. The van der Waals surface area contributed by atoms with Crippen LogP contribution >= 0.6 is 11.3 Å². The maximum atomic E-state index is 13.4. The molecule has 5 nitrogen and oxygen atoms in total. The molecule has 0 N–H and O–H groups in total. The number of carbonyl (C=O) groups is 2. The van der Waals surface area contributed by atoms with Gasteiger partial charge in [-0.05, 0) is 38.0 Å². The summed E-state index contributed by atoms with van der Waals surface area (Å²) in [5, 5.41) is 2.29. The van der Waals surface area contributed by atoms with Crippen LogP contribution in [0.1, 0.15) is 45.6 Å². The van der Waals surface area contributed by atoms with Crippen molar-refractivity contribution in [1.29, 1.82) is 0 Å². The van der Waals surface area contributed by atoms with E-state index in [1.54, 1.807) is 23.3 Å². The molecule has 0 saturated heterocycles. The van der Waals surface area contributed by atoms with Crippen molar-refractivity contribution in [2.45, 2.75) is 32.4 Å². The summed E-state index contributed by atoms with van der Waals surface area (Å²) in [6, 6.07) is 5.83. The first kappa shape index (κ1) is 16.6. The highest BCUT2D eigenvalue weighted by atomic mass is 32.1. The predicted octanol–water partition coefficient (Wildman–Crippen LogP) is 3.26. The molecule has 2 aromatic rings. The lowest BCUT2D eigenvalue weighted by Gasteiger charge is -2.21. The number of hydrogen-bond donors (Lipinski definition) is 0. The summed E-state index contributed by atoms with van der Waals surface area (Å²) in [4.78, 5) is 30.3. The molecule has 1 aromatic carbocycles. The van der Waals surface area contributed by atoms with Crippen molar-refractivity contribution in [2.75, 3.05) is 6.61 Å². The fourth-order valence-corrected chi connectivity index (χ4v) is 3.13. The van der Waals surface area contributed by atoms with Crippen LogP contribution in [-0.2, 0) is 11.3 Å². The van der Waals surface area contributed by atoms with Gasteiger partial charge >= 0.3 is 5.97 Å². The van der Waals surface area contributed by atoms with Crippen LogP contribution in [0, 0.1) is 5.82 Å². The molecule has 0 bridgehead atoms. The number of halogens is 1. The van der Waals surface area contributed by atoms with Gasteiger partial charge in [0.25, 0.3) is 5.91 Å². The van der Waals surface area contributed by atoms with Crippen LogP contribution in [0.2, 0.25) is 0 Å². The van der Waals surface area contributed by atoms with Crippen LogP contribution in [-0.4, -0.2) is 34.4 Å². The normalized spacial score (nSPS) is 13.6. The molecule has 0 spiro atoms. The van der Waals surface area contributed by atoms with Gasteiger partial charge < -0.3 is 9.64 Å². The predicted molar refractivity (Wildman–Crippen MR) is 87.4 cm³/mol. The van der Waals surface area contributed by atoms with E-state index in [-0.39, 0.29) is 24.2 Å². The molecule has 0 aliphatic heterocycles. The summed E-state index contributed by atoms with van der Waals surface area (Å²) in [6.45, 7) is 2.33. The van der Waals surface area contributed by atoms with Gasteiger partial charge in [-0.3, -0.25) is 4.79 Å². The van der Waals surface area contributed by atoms with E-state index in [0.717, 1.165) is 12.8 Å². The largest absolute Gasteiger partial charge is 0.461 e. The Bertz CT molecular complexity index is 758. The lowest BCUT2D eigenvalue weighted by Crippen LogP contribution is -2.32. The molecule has 0 radical (unpaired) electrons. The second-order valence-electron chi connectivity index (χ2n) is 5.52. The average molecular weight is 348 g/mol. The maximum Gasteiger partial charge on any atom is 0.357 e. The number of aromatic nitrogens is 1. The number of amides is 1. The highest BCUT2D eigenvalue weighted by Crippen LogP contribution is 2.30. The highest BCUT2D eigenvalue weighted by Gasteiger charge is 2.34. The van der Waals surface area contributed by atoms with Crippen LogP contribution in [0.3, 0.4) is 0 Å². The summed E-state index contributed by atoms with van der Waals surface area (Å²) >= 11 is 1.31. The molecule has 0 atom stereocenters. The lowest BCUT2D eigenvalue weighted by molar-refractivity contribution is 0.0520. The summed E-state index contributed by atoms with van der Waals surface area (Å²) in [5.74, 6) is -1.12. The Morgan fingerprint density at radius 3 is 2.88 bits per heavy atom. The Kier molecular flexibility index (Phi) is 4.89. The third kappa shape index (κ3) is 3.79. The van der Waals surface area contributed by atoms with E-state index in [9.17, 15) is 14.0 Å². The van der Waals surface area contributed by atoms with Crippen LogP contribution < -0.4 is 0 Å². The molecule has 1 saturated carbocycles. The first-order valence-corrected chi connectivity index (χ1v) is 8.64. The van der Waals surface area contributed by atoms with Crippen LogP contribution in [0.5, 0.6) is 0 Å². The molecule has 1 aliphatic rings. The van der Waals surface area contributed by atoms with E-state index < -0.39 is 11.8 Å². The van der Waals surface area contributed by atoms with E-state index in [1.165, 1.54) is 29.5 Å². The second kappa shape index (κ2) is 7.09. The number of rotatable bonds is 6. The second-order valence-corrected chi connectivity index (χ2v) is 6.46. The minimum Gasteiger partial charge on any atom is -0.461 e. The Hall–Kier alpha value is -2.28. The van der Waals surface area contributed by atoms with Gasteiger partial charge in [0.15, 0.2) is 5.69 Å². The molecule has 7 heteroatoms. The van der Waals surface area contributed by atoms with Crippen LogP contribution in [0.15, 0.2) is 29.6 Å². The smallest absolute Gasteiger partial charge is 0.357 e. The molecular weight excluding hydrogens is 331 g/mol. The molecule has 126 valence electrons. The summed E-state index contributed by atoms with van der Waals surface area (Å²) in [7, 11) is 0. The van der Waals surface area contributed by atoms with E-state index >= 15 is 0 Å². The van der Waals surface area contributed by atoms with Gasteiger partial charge in [-0.15, -0.1) is 11.3 Å². The highest BCUT2D eigenvalue weighted by molar-refractivity contribution is 7.09. The Balaban J connectivity index is 1.75. The molecule has 1 aliphatic carbocycles. The van der Waals surface area contributed by atoms with Gasteiger partial charge in [-0.1, -0.05) is 6.07 Å². The van der Waals surface area contributed by atoms with Gasteiger partial charge in [0, 0.05) is 17.0 Å². The summed E-state index contributed by atoms with van der Waals surface area (Å²) < 4.78 is 18.3. The van der Waals surface area contributed by atoms with Crippen molar-refractivity contribution in [3.05, 3.63) is 51.7 Å². The van der Waals surface area contributed by atoms with E-state index in [4.69, 9.17) is 4.74 Å². The van der Waals surface area contributed by atoms with Crippen LogP contribution in [0.25, 0.3) is 0 Å². The lowest BCUT2D eigenvalue weighted by atomic mass is 10.2. The van der Waals surface area contributed by atoms with Crippen molar-refractivity contribution in [2.24, 2.45) is 0 Å². The fraction of sp³-hybridized carbons (Fsp3) is 0.353. The zero-order valence-electron chi connectivity index (χ0n) is 13.2. The quantitative estimate of drug-likeness (QED) is 0.752. The van der Waals surface area contributed by atoms with E-state index in [0.29, 0.717) is 17.1 Å². The van der Waals surface area contributed by atoms with Crippen molar-refractivity contribution in [1.82, 2.24) is 9.88 Å². The average Bonchev–Trinajstić information content (AvgIpc) is 3.30. The SMILES string of the molecule is CCOC(=O)c1csc(CN(C(=O)c2cccc(F)c2)C2CC2)n1. The molecule has 1 heterocycles. The van der Waals surface area contributed by atoms with Gasteiger partial charge in [-0.25, -0.2) is 14.2 Å². The number of carbonyl (C=O) groups excluding carboxylic acids is 2. The van der Waals surface area contributed by atoms with Crippen molar-refractivity contribution < 1.29 is 18.7 Å². The Morgan fingerprint density at radius 1 is 1.42 bits per heavy atom. The minimum atomic E-state index is -0.463. The third-order valence-electron chi connectivity index (χ3n) is 3.66. The molecule has 0 unspecified atom stereocenters. The van der Waals surface area contributed by atoms with E-state index in [1.807, 2.05) is 0 Å². The van der Waals surface area contributed by atoms with Gasteiger partial charge in [0.05, 0.1) is 13.2 Å². The van der Waals surface area contributed by atoms with Gasteiger partial charge in [0.1, 0.15) is 10.8 Å². The first-order valence-electron chi connectivity index (χ1n) is 7.76. The molecule has 24 heavy (non-hydrogen) atoms. The van der Waals surface area contributed by atoms with Crippen molar-refractivity contribution >= 4 is 23.2 Å². The number of ether oxygens (including phenoxy) is 1. The number of esters is 1. The first-order chi connectivity index (χ1) is 11.6. The zero-order valence-corrected chi connectivity index (χ0v) is 14.0. The standard InChI is InChI=1S/C17H17FN2O3S/c1-2-23-17(22)14-10-24-15(19-14)9-20(13-6-7-13)16(21)11-4-3-5-12(18)8-11/h3-5,8,10,13H,2,6-7,9H2,1H3. The summed E-state index contributed by atoms with van der Waals surface area (Å²) in [5.41, 5.74) is 0.579. The third-order valence-corrected chi connectivity index (χ3v) is 4.50. The number of thiazole rings is 1. The summed E-state index contributed by atoms with van der Waals surface area (Å²) in [6.07, 6.45) is 1.86. The van der Waals surface area contributed by atoms with Crippen molar-refractivity contribution in [3.63, 3.8) is 0 Å². The van der Waals surface area contributed by atoms with Gasteiger partial charge in [0.2, 0.25) is 0 Å². The molecule has 1 fully saturated rings. The van der Waals surface area contributed by atoms with Crippen LogP contribution in [0.4, 0.5) is 4.39 Å². The Morgan fingerprint density at radius 2 is 2.21 bits per heavy atom. The number of nitrogens with zero attached hydrogens (tertiary/aromatic N) is 2. The number of hydrogen-bond acceptors (Lipinski definition) is 5. The van der Waals surface area contributed by atoms with E-state index in [2.05, 4.69) is 4.98 Å². The fourth-order valence-electron chi connectivity index (χ4n) is 2.37.